The van der Waals surface area contributed by atoms with E-state index in [1.54, 1.807) is 0 Å². The molecule has 1 aliphatic carbocycles. The van der Waals surface area contributed by atoms with E-state index in [1.165, 1.54) is 50.1 Å². The van der Waals surface area contributed by atoms with Crippen LogP contribution < -0.4 is 4.90 Å². The van der Waals surface area contributed by atoms with Crippen LogP contribution in [0.1, 0.15) is 25.0 Å². The smallest absolute Gasteiger partial charge is 0.143 e. The fourth-order valence-corrected chi connectivity index (χ4v) is 9.50. The molecule has 10 aromatic rings. The van der Waals surface area contributed by atoms with Crippen molar-refractivity contribution in [2.75, 3.05) is 4.90 Å². The fourth-order valence-electron chi connectivity index (χ4n) is 9.50. The first-order chi connectivity index (χ1) is 29.0. The number of rotatable bonds is 7. The molecule has 280 valence electrons. The van der Waals surface area contributed by atoms with E-state index in [2.05, 4.69) is 225 Å². The van der Waals surface area contributed by atoms with E-state index in [4.69, 9.17) is 4.42 Å². The van der Waals surface area contributed by atoms with Crippen LogP contribution in [-0.2, 0) is 5.41 Å². The van der Waals surface area contributed by atoms with Gasteiger partial charge in [-0.15, -0.1) is 0 Å². The van der Waals surface area contributed by atoms with Crippen LogP contribution in [-0.4, -0.2) is 0 Å². The third-order valence-corrected chi connectivity index (χ3v) is 12.3. The van der Waals surface area contributed by atoms with Crippen molar-refractivity contribution in [1.29, 1.82) is 0 Å². The molecule has 0 aliphatic heterocycles. The molecule has 0 saturated heterocycles. The molecule has 9 aromatic carbocycles. The predicted molar refractivity (Wildman–Crippen MR) is 248 cm³/mol. The predicted octanol–water partition coefficient (Wildman–Crippen LogP) is 16.0. The molecule has 0 bridgehead atoms. The summed E-state index contributed by atoms with van der Waals surface area (Å²) in [6.07, 6.45) is 0. The Morgan fingerprint density at radius 1 is 0.356 bits per heavy atom. The van der Waals surface area contributed by atoms with Gasteiger partial charge in [0.15, 0.2) is 0 Å². The number of para-hydroxylation sites is 3. The van der Waals surface area contributed by atoms with Gasteiger partial charge in [-0.25, -0.2) is 0 Å². The van der Waals surface area contributed by atoms with Crippen LogP contribution in [0, 0.1) is 0 Å². The second kappa shape index (κ2) is 13.9. The van der Waals surface area contributed by atoms with Crippen LogP contribution in [0.2, 0.25) is 0 Å². The molecule has 0 radical (unpaired) electrons. The van der Waals surface area contributed by atoms with Gasteiger partial charge >= 0.3 is 0 Å². The highest BCUT2D eigenvalue weighted by molar-refractivity contribution is 6.10. The van der Waals surface area contributed by atoms with E-state index in [0.717, 1.165) is 55.7 Å². The molecule has 0 saturated carbocycles. The molecule has 0 N–H and O–H groups in total. The largest absolute Gasteiger partial charge is 0.455 e. The molecule has 11 rings (SSSR count). The van der Waals surface area contributed by atoms with Gasteiger partial charge in [0.05, 0.1) is 5.69 Å². The topological polar surface area (TPSA) is 16.4 Å². The van der Waals surface area contributed by atoms with Crippen molar-refractivity contribution < 1.29 is 4.42 Å². The Morgan fingerprint density at radius 2 is 0.898 bits per heavy atom. The minimum Gasteiger partial charge on any atom is -0.455 e. The highest BCUT2D eigenvalue weighted by atomic mass is 16.3. The maximum Gasteiger partial charge on any atom is 0.143 e. The van der Waals surface area contributed by atoms with E-state index in [1.807, 2.05) is 6.07 Å². The summed E-state index contributed by atoms with van der Waals surface area (Å²) in [6.45, 7) is 4.69. The van der Waals surface area contributed by atoms with Crippen LogP contribution in [0.4, 0.5) is 17.1 Å². The zero-order valence-electron chi connectivity index (χ0n) is 33.1. The van der Waals surface area contributed by atoms with Crippen LogP contribution >= 0.6 is 0 Å². The number of nitrogens with zero attached hydrogens (tertiary/aromatic N) is 1. The lowest BCUT2D eigenvalue weighted by Crippen LogP contribution is -2.15. The molecular weight excluding hydrogens is 715 g/mol. The van der Waals surface area contributed by atoms with Crippen molar-refractivity contribution in [3.8, 4) is 55.6 Å². The van der Waals surface area contributed by atoms with Crippen molar-refractivity contribution in [3.63, 3.8) is 0 Å². The molecule has 1 aromatic heterocycles. The summed E-state index contributed by atoms with van der Waals surface area (Å²) < 4.78 is 6.57. The zero-order chi connectivity index (χ0) is 39.5. The van der Waals surface area contributed by atoms with Crippen molar-refractivity contribution >= 4 is 39.0 Å². The van der Waals surface area contributed by atoms with Gasteiger partial charge in [0.2, 0.25) is 0 Å². The lowest BCUT2D eigenvalue weighted by molar-refractivity contribution is 0.660. The van der Waals surface area contributed by atoms with E-state index >= 15 is 0 Å². The van der Waals surface area contributed by atoms with E-state index in [-0.39, 0.29) is 5.41 Å². The maximum atomic E-state index is 6.57. The number of benzene rings is 9. The third kappa shape index (κ3) is 5.71. The molecule has 59 heavy (non-hydrogen) atoms. The summed E-state index contributed by atoms with van der Waals surface area (Å²) in [5.74, 6) is 0. The summed E-state index contributed by atoms with van der Waals surface area (Å²) in [5, 5.41) is 2.25. The van der Waals surface area contributed by atoms with Gasteiger partial charge in [-0.3, -0.25) is 0 Å². The standard InChI is InChI=1S/C57H41NO/c1-57(2)52-31-13-10-26-47(52)51-37-41(34-35-53(51)57)58(40-21-16-20-39(36-40)43-29-17-30-50-49-28-12-15-33-55(49)59-56(43)50)54-32-14-11-27-48(54)46-25-9-8-24-45(46)44-23-7-6-22-42(44)38-18-4-3-5-19-38/h3-37H,1-2H3. The van der Waals surface area contributed by atoms with Gasteiger partial charge in [0.1, 0.15) is 11.2 Å². The first kappa shape index (κ1) is 34.8. The van der Waals surface area contributed by atoms with Gasteiger partial charge < -0.3 is 9.32 Å². The second-order valence-electron chi connectivity index (χ2n) is 16.0. The average molecular weight is 756 g/mol. The molecule has 0 spiro atoms. The summed E-state index contributed by atoms with van der Waals surface area (Å²) in [6, 6.07) is 76.9. The lowest BCUT2D eigenvalue weighted by atomic mass is 9.82. The molecule has 0 fully saturated rings. The van der Waals surface area contributed by atoms with Crippen LogP contribution in [0.15, 0.2) is 217 Å². The molecule has 2 heteroatoms. The van der Waals surface area contributed by atoms with Gasteiger partial charge in [-0.05, 0) is 92.0 Å². The Bertz CT molecular complexity index is 3210. The summed E-state index contributed by atoms with van der Waals surface area (Å²) in [5.41, 5.74) is 19.6. The molecule has 0 unspecified atom stereocenters. The van der Waals surface area contributed by atoms with Crippen molar-refractivity contribution in [1.82, 2.24) is 0 Å². The Balaban J connectivity index is 1.14. The minimum absolute atomic E-state index is 0.0938. The minimum atomic E-state index is -0.0938. The maximum absolute atomic E-state index is 6.57. The van der Waals surface area contributed by atoms with Crippen LogP contribution in [0.25, 0.3) is 77.6 Å². The molecule has 1 heterocycles. The monoisotopic (exact) mass is 755 g/mol. The highest BCUT2D eigenvalue weighted by Crippen LogP contribution is 2.52. The summed E-state index contributed by atoms with van der Waals surface area (Å²) in [7, 11) is 0. The summed E-state index contributed by atoms with van der Waals surface area (Å²) in [4.78, 5) is 2.45. The van der Waals surface area contributed by atoms with Crippen molar-refractivity contribution in [2.45, 2.75) is 19.3 Å². The zero-order valence-corrected chi connectivity index (χ0v) is 33.1. The van der Waals surface area contributed by atoms with E-state index in [9.17, 15) is 0 Å². The number of fused-ring (bicyclic) bond motifs is 6. The van der Waals surface area contributed by atoms with Crippen molar-refractivity contribution in [2.24, 2.45) is 0 Å². The Hall–Kier alpha value is -7.42. The van der Waals surface area contributed by atoms with Crippen molar-refractivity contribution in [3.05, 3.63) is 223 Å². The van der Waals surface area contributed by atoms with Gasteiger partial charge in [-0.1, -0.05) is 190 Å². The second-order valence-corrected chi connectivity index (χ2v) is 16.0. The number of anilines is 3. The van der Waals surface area contributed by atoms with Gasteiger partial charge in [0.25, 0.3) is 0 Å². The fraction of sp³-hybridized carbons (Fsp3) is 0.0526. The average Bonchev–Trinajstić information content (AvgIpc) is 3.79. The Morgan fingerprint density at radius 3 is 1.71 bits per heavy atom. The Kier molecular flexibility index (Phi) is 8.20. The quantitative estimate of drug-likeness (QED) is 0.161. The normalized spacial score (nSPS) is 12.7. The van der Waals surface area contributed by atoms with Crippen LogP contribution in [0.5, 0.6) is 0 Å². The Labute approximate surface area is 345 Å². The number of hydrogen-bond acceptors (Lipinski definition) is 2. The van der Waals surface area contributed by atoms with E-state index in [0.29, 0.717) is 0 Å². The molecule has 2 nitrogen and oxygen atoms in total. The molecule has 0 atom stereocenters. The van der Waals surface area contributed by atoms with E-state index < -0.39 is 0 Å². The lowest BCUT2D eigenvalue weighted by Gasteiger charge is -2.30. The first-order valence-corrected chi connectivity index (χ1v) is 20.4. The molecule has 0 amide bonds. The van der Waals surface area contributed by atoms with Gasteiger partial charge in [0, 0.05) is 38.7 Å². The van der Waals surface area contributed by atoms with Gasteiger partial charge in [-0.2, -0.15) is 0 Å². The SMILES string of the molecule is CC1(C)c2ccccc2-c2cc(N(c3cccc(-c4cccc5c4oc4ccccc45)c3)c3ccccc3-c3ccccc3-c3ccccc3-c3ccccc3)ccc21. The number of furan rings is 1. The molecular formula is C57H41NO. The summed E-state index contributed by atoms with van der Waals surface area (Å²) >= 11 is 0. The highest BCUT2D eigenvalue weighted by Gasteiger charge is 2.35. The third-order valence-electron chi connectivity index (χ3n) is 12.3. The number of hydrogen-bond donors (Lipinski definition) is 0. The van der Waals surface area contributed by atoms with Crippen LogP contribution in [0.3, 0.4) is 0 Å². The first-order valence-electron chi connectivity index (χ1n) is 20.4. The molecule has 1 aliphatic rings.